The number of carbonyl (C=O) groups is 3. The van der Waals surface area contributed by atoms with E-state index in [0.29, 0.717) is 12.8 Å². The van der Waals surface area contributed by atoms with Crippen molar-refractivity contribution in [2.75, 3.05) is 19.8 Å². The number of unbranched alkanes of at least 4 members (excludes halogenated alkanes) is 2. The number of phosphoric ester groups is 1. The summed E-state index contributed by atoms with van der Waals surface area (Å²) in [4.78, 5) is 34.6. The van der Waals surface area contributed by atoms with Crippen LogP contribution in [0.1, 0.15) is 60.3 Å². The van der Waals surface area contributed by atoms with Gasteiger partial charge in [-0.3, -0.25) is 28.0 Å². The number of rotatable bonds is 14. The maximum atomic E-state index is 13.3. The molecule has 1 aliphatic rings. The second-order valence-corrected chi connectivity index (χ2v) is 9.03. The number of hydrogen-bond donors (Lipinski definition) is 1. The average molecular weight is 498 g/mol. The molecule has 0 aromatic heterocycles. The summed E-state index contributed by atoms with van der Waals surface area (Å²) < 4.78 is 50.5. The zero-order valence-corrected chi connectivity index (χ0v) is 20.6. The van der Waals surface area contributed by atoms with E-state index in [4.69, 9.17) is 32.5 Å². The summed E-state index contributed by atoms with van der Waals surface area (Å²) >= 11 is 0. The van der Waals surface area contributed by atoms with E-state index in [1.165, 1.54) is 0 Å². The van der Waals surface area contributed by atoms with Gasteiger partial charge < -0.3 is 24.1 Å². The Hall–Kier alpha value is -1.56. The van der Waals surface area contributed by atoms with Crippen LogP contribution >= 0.6 is 7.82 Å². The van der Waals surface area contributed by atoms with Gasteiger partial charge in [0.1, 0.15) is 18.8 Å². The first-order chi connectivity index (χ1) is 15.5. The van der Waals surface area contributed by atoms with Gasteiger partial charge in [0.2, 0.25) is 6.29 Å². The molecule has 1 fully saturated rings. The molecule has 0 amide bonds. The van der Waals surface area contributed by atoms with Crippen LogP contribution in [0.3, 0.4) is 0 Å². The molecule has 0 bridgehead atoms. The quantitative estimate of drug-likeness (QED) is 0.162. The third kappa shape index (κ3) is 10.5. The van der Waals surface area contributed by atoms with E-state index in [-0.39, 0.29) is 13.2 Å². The molecule has 1 aliphatic heterocycles. The first kappa shape index (κ1) is 29.5. The maximum Gasteiger partial charge on any atom is 0.477 e. The van der Waals surface area contributed by atoms with E-state index in [0.717, 1.165) is 33.6 Å². The Bertz CT molecular complexity index is 670. The van der Waals surface area contributed by atoms with Gasteiger partial charge in [0.25, 0.3) is 0 Å². The van der Waals surface area contributed by atoms with Crippen LogP contribution in [-0.4, -0.2) is 73.5 Å². The van der Waals surface area contributed by atoms with Gasteiger partial charge in [-0.2, -0.15) is 0 Å². The van der Waals surface area contributed by atoms with Gasteiger partial charge in [-0.05, 0) is 12.8 Å². The van der Waals surface area contributed by atoms with Crippen LogP contribution < -0.4 is 0 Å². The minimum Gasteiger partial charge on any atom is -0.463 e. The Labute approximate surface area is 193 Å². The average Bonchev–Trinajstić information content (AvgIpc) is 2.71. The summed E-state index contributed by atoms with van der Waals surface area (Å²) in [5.74, 6) is -2.23. The third-order valence-electron chi connectivity index (χ3n) is 4.40. The molecule has 1 N–H and O–H groups in total. The van der Waals surface area contributed by atoms with Gasteiger partial charge in [-0.25, -0.2) is 4.57 Å². The standard InChI is InChI=1S/C20H35O12P/c1-6-8-10-27-33(25,28-11-9-7-2)32-20-19(30-15(5)23)18(29-14(4)22)17(24)16(31-20)12-26-13(3)21/h16-20,24H,6-12H2,1-5H3/t16-,17+,18+,19-,20?/m1/s1. The van der Waals surface area contributed by atoms with Crippen LogP contribution in [0.4, 0.5) is 0 Å². The van der Waals surface area contributed by atoms with Crippen LogP contribution in [0.25, 0.3) is 0 Å². The smallest absolute Gasteiger partial charge is 0.463 e. The number of ether oxygens (including phenoxy) is 4. The molecule has 0 aliphatic carbocycles. The maximum absolute atomic E-state index is 13.3. The van der Waals surface area contributed by atoms with Gasteiger partial charge in [0, 0.05) is 20.8 Å². The Morgan fingerprint density at radius 3 is 1.85 bits per heavy atom. The van der Waals surface area contributed by atoms with Crippen LogP contribution in [0.5, 0.6) is 0 Å². The molecule has 0 saturated carbocycles. The van der Waals surface area contributed by atoms with Crippen molar-refractivity contribution in [1.29, 1.82) is 0 Å². The lowest BCUT2D eigenvalue weighted by molar-refractivity contribution is -0.289. The highest BCUT2D eigenvalue weighted by Gasteiger charge is 2.52. The zero-order valence-electron chi connectivity index (χ0n) is 19.7. The lowest BCUT2D eigenvalue weighted by Gasteiger charge is -2.43. The second kappa shape index (κ2) is 14.6. The third-order valence-corrected chi connectivity index (χ3v) is 5.86. The van der Waals surface area contributed by atoms with E-state index >= 15 is 0 Å². The minimum absolute atomic E-state index is 0.0672. The van der Waals surface area contributed by atoms with Crippen molar-refractivity contribution in [2.45, 2.75) is 91.0 Å². The molecule has 13 heteroatoms. The summed E-state index contributed by atoms with van der Waals surface area (Å²) in [5.41, 5.74) is 0. The van der Waals surface area contributed by atoms with Crippen LogP contribution in [0, 0.1) is 0 Å². The summed E-state index contributed by atoms with van der Waals surface area (Å²) in [5, 5.41) is 10.7. The number of aliphatic hydroxyl groups is 1. The topological polar surface area (TPSA) is 153 Å². The molecule has 0 spiro atoms. The van der Waals surface area contributed by atoms with Crippen molar-refractivity contribution in [2.24, 2.45) is 0 Å². The van der Waals surface area contributed by atoms with E-state index in [9.17, 15) is 24.1 Å². The van der Waals surface area contributed by atoms with Crippen molar-refractivity contribution >= 4 is 25.7 Å². The highest BCUT2D eigenvalue weighted by Crippen LogP contribution is 2.52. The van der Waals surface area contributed by atoms with Crippen LogP contribution in [0.15, 0.2) is 0 Å². The van der Waals surface area contributed by atoms with E-state index < -0.39 is 63.0 Å². The summed E-state index contributed by atoms with van der Waals surface area (Å²) in [6.07, 6.45) is -4.74. The second-order valence-electron chi connectivity index (χ2n) is 7.41. The number of phosphoric acid groups is 1. The molecule has 5 atom stereocenters. The van der Waals surface area contributed by atoms with Crippen molar-refractivity contribution < 1.29 is 56.6 Å². The first-order valence-electron chi connectivity index (χ1n) is 10.9. The molecule has 192 valence electrons. The van der Waals surface area contributed by atoms with Crippen LogP contribution in [0.2, 0.25) is 0 Å². The summed E-state index contributed by atoms with van der Waals surface area (Å²) in [7, 11) is -4.22. The Morgan fingerprint density at radius 1 is 0.879 bits per heavy atom. The fraction of sp³-hybridized carbons (Fsp3) is 0.850. The van der Waals surface area contributed by atoms with Crippen molar-refractivity contribution in [3.05, 3.63) is 0 Å². The van der Waals surface area contributed by atoms with Crippen LogP contribution in [-0.2, 0) is 51.5 Å². The highest BCUT2D eigenvalue weighted by molar-refractivity contribution is 7.48. The molecule has 1 heterocycles. The van der Waals surface area contributed by atoms with Gasteiger partial charge in [0.15, 0.2) is 12.2 Å². The van der Waals surface area contributed by atoms with Gasteiger partial charge >= 0.3 is 25.7 Å². The predicted molar refractivity (Wildman–Crippen MR) is 113 cm³/mol. The van der Waals surface area contributed by atoms with Crippen molar-refractivity contribution in [1.82, 2.24) is 0 Å². The molecule has 0 aromatic carbocycles. The fourth-order valence-electron chi connectivity index (χ4n) is 2.82. The summed E-state index contributed by atoms with van der Waals surface area (Å²) in [6.45, 7) is 6.88. The number of hydrogen-bond acceptors (Lipinski definition) is 12. The van der Waals surface area contributed by atoms with Gasteiger partial charge in [0.05, 0.1) is 13.2 Å². The molecule has 33 heavy (non-hydrogen) atoms. The molecule has 12 nitrogen and oxygen atoms in total. The molecule has 0 aromatic rings. The molecule has 1 rings (SSSR count). The van der Waals surface area contributed by atoms with E-state index in [1.807, 2.05) is 13.8 Å². The molecule has 1 saturated heterocycles. The van der Waals surface area contributed by atoms with E-state index in [1.54, 1.807) is 0 Å². The van der Waals surface area contributed by atoms with Gasteiger partial charge in [-0.1, -0.05) is 26.7 Å². The predicted octanol–water partition coefficient (Wildman–Crippen LogP) is 2.26. The van der Waals surface area contributed by atoms with Crippen molar-refractivity contribution in [3.8, 4) is 0 Å². The molecule has 0 radical (unpaired) electrons. The molecular formula is C20H35O12P. The minimum atomic E-state index is -4.22. The molecule has 1 unspecified atom stereocenters. The first-order valence-corrected chi connectivity index (χ1v) is 12.4. The van der Waals surface area contributed by atoms with Crippen molar-refractivity contribution in [3.63, 3.8) is 0 Å². The lowest BCUT2D eigenvalue weighted by atomic mass is 9.98. The monoisotopic (exact) mass is 498 g/mol. The lowest BCUT2D eigenvalue weighted by Crippen LogP contribution is -2.61. The number of aliphatic hydroxyl groups excluding tert-OH is 1. The normalized spacial score (nSPS) is 25.3. The fourth-order valence-corrected chi connectivity index (χ4v) is 4.15. The largest absolute Gasteiger partial charge is 0.477 e. The number of esters is 3. The Balaban J connectivity index is 3.23. The number of carbonyl (C=O) groups excluding carboxylic acids is 3. The molecular weight excluding hydrogens is 463 g/mol. The summed E-state index contributed by atoms with van der Waals surface area (Å²) in [6, 6.07) is 0. The Kier molecular flexibility index (Phi) is 13.1. The highest BCUT2D eigenvalue weighted by atomic mass is 31.2. The van der Waals surface area contributed by atoms with Gasteiger partial charge in [-0.15, -0.1) is 0 Å². The zero-order chi connectivity index (χ0) is 25.0. The Morgan fingerprint density at radius 2 is 1.39 bits per heavy atom. The SMILES string of the molecule is CCCCOP(=O)(OCCCC)OC1O[C@H](COC(C)=O)[C@H](O)[C@H](OC(C)=O)[C@H]1OC(C)=O. The van der Waals surface area contributed by atoms with E-state index in [2.05, 4.69) is 0 Å².